The largest absolute Gasteiger partial charge is 0.490 e. The maximum Gasteiger partial charge on any atom is 0.311 e. The molecule has 27 heavy (non-hydrogen) atoms. The van der Waals surface area contributed by atoms with Crippen molar-refractivity contribution in [2.75, 3.05) is 7.11 Å². The third-order valence-corrected chi connectivity index (χ3v) is 4.88. The summed E-state index contributed by atoms with van der Waals surface area (Å²) in [5, 5.41) is 15.9. The van der Waals surface area contributed by atoms with Gasteiger partial charge in [0.25, 0.3) is 5.91 Å². The summed E-state index contributed by atoms with van der Waals surface area (Å²) in [7, 11) is 1.32. The average molecular weight is 386 g/mol. The second kappa shape index (κ2) is 7.96. The van der Waals surface area contributed by atoms with Gasteiger partial charge in [0.05, 0.1) is 18.1 Å². The Bertz CT molecular complexity index is 958. The molecule has 138 valence electrons. The molecule has 0 spiro atoms. The highest BCUT2D eigenvalue weighted by molar-refractivity contribution is 7.10. The van der Waals surface area contributed by atoms with Gasteiger partial charge in [-0.3, -0.25) is 14.9 Å². The van der Waals surface area contributed by atoms with Gasteiger partial charge in [-0.1, -0.05) is 18.2 Å². The number of amides is 1. The summed E-state index contributed by atoms with van der Waals surface area (Å²) in [6.45, 7) is 0. The molecule has 6 nitrogen and oxygen atoms in total. The first-order valence-corrected chi connectivity index (χ1v) is 8.79. The van der Waals surface area contributed by atoms with Crippen LogP contribution in [0.4, 0.5) is 10.1 Å². The number of halogens is 1. The zero-order chi connectivity index (χ0) is 19.4. The molecule has 0 saturated heterocycles. The van der Waals surface area contributed by atoms with Crippen molar-refractivity contribution in [3.05, 3.63) is 91.9 Å². The standard InChI is InChI=1S/C19H15FN2O4S/c1-26-16-9-6-13(11-15(16)22(24)25)19(23)21-18(17-3-2-10-27-17)12-4-7-14(20)8-5-12/h2-11,18H,1H3,(H,21,23)/t18-/m0/s1. The second-order valence-corrected chi connectivity index (χ2v) is 6.60. The van der Waals surface area contributed by atoms with Gasteiger partial charge >= 0.3 is 5.69 Å². The van der Waals surface area contributed by atoms with E-state index in [-0.39, 0.29) is 22.8 Å². The Balaban J connectivity index is 1.92. The molecule has 8 heteroatoms. The van der Waals surface area contributed by atoms with Gasteiger partial charge in [0.1, 0.15) is 5.82 Å². The lowest BCUT2D eigenvalue weighted by molar-refractivity contribution is -0.385. The zero-order valence-electron chi connectivity index (χ0n) is 14.2. The predicted octanol–water partition coefficient (Wildman–Crippen LogP) is 4.32. The number of nitrogens with zero attached hydrogens (tertiary/aromatic N) is 1. The molecule has 1 N–H and O–H groups in total. The van der Waals surface area contributed by atoms with E-state index in [1.54, 1.807) is 12.1 Å². The van der Waals surface area contributed by atoms with Gasteiger partial charge in [-0.05, 0) is 41.3 Å². The van der Waals surface area contributed by atoms with Crippen LogP contribution in [0.1, 0.15) is 26.8 Å². The van der Waals surface area contributed by atoms with Crippen molar-refractivity contribution in [2.45, 2.75) is 6.04 Å². The van der Waals surface area contributed by atoms with Crippen LogP contribution in [0, 0.1) is 15.9 Å². The number of rotatable bonds is 6. The molecule has 0 aliphatic rings. The number of ether oxygens (including phenoxy) is 1. The van der Waals surface area contributed by atoms with Gasteiger partial charge in [0.15, 0.2) is 5.75 Å². The third kappa shape index (κ3) is 4.12. The Morgan fingerprint density at radius 2 is 1.96 bits per heavy atom. The van der Waals surface area contributed by atoms with Gasteiger partial charge in [-0.25, -0.2) is 4.39 Å². The van der Waals surface area contributed by atoms with E-state index in [9.17, 15) is 19.3 Å². The lowest BCUT2D eigenvalue weighted by atomic mass is 10.0. The number of methoxy groups -OCH3 is 1. The number of nitrogens with one attached hydrogen (secondary N) is 1. The molecule has 3 aromatic rings. The fourth-order valence-electron chi connectivity index (χ4n) is 2.62. The predicted molar refractivity (Wildman–Crippen MR) is 99.7 cm³/mol. The van der Waals surface area contributed by atoms with Crippen LogP contribution >= 0.6 is 11.3 Å². The van der Waals surface area contributed by atoms with Crippen molar-refractivity contribution in [1.82, 2.24) is 5.32 Å². The van der Waals surface area contributed by atoms with Crippen LogP contribution in [0.2, 0.25) is 0 Å². The Morgan fingerprint density at radius 3 is 2.56 bits per heavy atom. The normalized spacial score (nSPS) is 11.6. The van der Waals surface area contributed by atoms with Crippen LogP contribution < -0.4 is 10.1 Å². The van der Waals surface area contributed by atoms with Gasteiger partial charge in [-0.15, -0.1) is 11.3 Å². The van der Waals surface area contributed by atoms with E-state index in [0.717, 1.165) is 4.88 Å². The molecule has 0 unspecified atom stereocenters. The number of nitro groups is 1. The Hall–Kier alpha value is -3.26. The number of thiophene rings is 1. The first-order valence-electron chi connectivity index (χ1n) is 7.91. The van der Waals surface area contributed by atoms with Crippen LogP contribution in [0.15, 0.2) is 60.0 Å². The number of nitro benzene ring substituents is 1. The number of carbonyl (C=O) groups excluding carboxylic acids is 1. The quantitative estimate of drug-likeness (QED) is 0.505. The third-order valence-electron chi connectivity index (χ3n) is 3.94. The second-order valence-electron chi connectivity index (χ2n) is 5.62. The molecule has 3 rings (SSSR count). The molecule has 0 bridgehead atoms. The molecule has 2 aromatic carbocycles. The average Bonchev–Trinajstić information content (AvgIpc) is 3.20. The number of hydrogen-bond donors (Lipinski definition) is 1. The summed E-state index contributed by atoms with van der Waals surface area (Å²) >= 11 is 1.44. The van der Waals surface area contributed by atoms with Crippen molar-refractivity contribution in [1.29, 1.82) is 0 Å². The van der Waals surface area contributed by atoms with Gasteiger partial charge in [0, 0.05) is 16.5 Å². The van der Waals surface area contributed by atoms with Gasteiger partial charge < -0.3 is 10.1 Å². The summed E-state index contributed by atoms with van der Waals surface area (Å²) in [6, 6.07) is 13.0. The Labute approximate surface area is 158 Å². The summed E-state index contributed by atoms with van der Waals surface area (Å²) in [4.78, 5) is 24.2. The Morgan fingerprint density at radius 1 is 1.22 bits per heavy atom. The van der Waals surface area contributed by atoms with Crippen LogP contribution in [-0.4, -0.2) is 17.9 Å². The summed E-state index contributed by atoms with van der Waals surface area (Å²) in [5.41, 5.74) is 0.543. The summed E-state index contributed by atoms with van der Waals surface area (Å²) in [5.74, 6) is -0.783. The topological polar surface area (TPSA) is 81.5 Å². The molecule has 1 aromatic heterocycles. The monoisotopic (exact) mass is 386 g/mol. The van der Waals surface area contributed by atoms with E-state index in [1.807, 2.05) is 17.5 Å². The molecular weight excluding hydrogens is 371 g/mol. The number of hydrogen-bond acceptors (Lipinski definition) is 5. The van der Waals surface area contributed by atoms with E-state index in [1.165, 1.54) is 48.8 Å². The van der Waals surface area contributed by atoms with E-state index in [4.69, 9.17) is 4.74 Å². The molecule has 0 aliphatic heterocycles. The minimum Gasteiger partial charge on any atom is -0.490 e. The van der Waals surface area contributed by atoms with Crippen molar-refractivity contribution in [3.63, 3.8) is 0 Å². The maximum atomic E-state index is 13.3. The highest BCUT2D eigenvalue weighted by atomic mass is 32.1. The van der Waals surface area contributed by atoms with Crippen LogP contribution in [0.25, 0.3) is 0 Å². The van der Waals surface area contributed by atoms with E-state index >= 15 is 0 Å². The van der Waals surface area contributed by atoms with Gasteiger partial charge in [-0.2, -0.15) is 0 Å². The van der Waals surface area contributed by atoms with E-state index in [2.05, 4.69) is 5.32 Å². The minimum atomic E-state index is -0.605. The molecule has 0 fully saturated rings. The lowest BCUT2D eigenvalue weighted by Gasteiger charge is -2.18. The molecule has 1 amide bonds. The first kappa shape index (κ1) is 18.5. The molecule has 1 atom stereocenters. The fraction of sp³-hybridized carbons (Fsp3) is 0.105. The van der Waals surface area contributed by atoms with Crippen molar-refractivity contribution < 1.29 is 18.8 Å². The van der Waals surface area contributed by atoms with Crippen LogP contribution in [0.3, 0.4) is 0 Å². The van der Waals surface area contributed by atoms with Crippen molar-refractivity contribution >= 4 is 22.9 Å². The molecule has 0 radical (unpaired) electrons. The maximum absolute atomic E-state index is 13.3. The molecular formula is C19H15FN2O4S. The summed E-state index contributed by atoms with van der Waals surface area (Å²) < 4.78 is 18.2. The van der Waals surface area contributed by atoms with Crippen LogP contribution in [-0.2, 0) is 0 Å². The minimum absolute atomic E-state index is 0.0740. The molecule has 0 saturated carbocycles. The first-order chi connectivity index (χ1) is 13.0. The van der Waals surface area contributed by atoms with Crippen molar-refractivity contribution in [2.24, 2.45) is 0 Å². The number of benzene rings is 2. The zero-order valence-corrected chi connectivity index (χ0v) is 15.0. The van der Waals surface area contributed by atoms with E-state index in [0.29, 0.717) is 5.56 Å². The highest BCUT2D eigenvalue weighted by Crippen LogP contribution is 2.29. The lowest BCUT2D eigenvalue weighted by Crippen LogP contribution is -2.28. The van der Waals surface area contributed by atoms with Crippen molar-refractivity contribution in [3.8, 4) is 5.75 Å². The fourth-order valence-corrected chi connectivity index (χ4v) is 3.42. The van der Waals surface area contributed by atoms with Crippen LogP contribution in [0.5, 0.6) is 5.75 Å². The molecule has 1 heterocycles. The van der Waals surface area contributed by atoms with Gasteiger partial charge in [0.2, 0.25) is 0 Å². The van der Waals surface area contributed by atoms with E-state index < -0.39 is 16.9 Å². The smallest absolute Gasteiger partial charge is 0.311 e. The SMILES string of the molecule is COc1ccc(C(=O)N[C@@H](c2ccc(F)cc2)c2cccs2)cc1[N+](=O)[O-]. The highest BCUT2D eigenvalue weighted by Gasteiger charge is 2.22. The Kier molecular flexibility index (Phi) is 5.46. The summed E-state index contributed by atoms with van der Waals surface area (Å²) in [6.07, 6.45) is 0. The number of carbonyl (C=O) groups is 1. The molecule has 0 aliphatic carbocycles.